The Labute approximate surface area is 174 Å². The minimum absolute atomic E-state index is 0.150. The van der Waals surface area contributed by atoms with Crippen molar-refractivity contribution in [1.29, 1.82) is 0 Å². The van der Waals surface area contributed by atoms with Crippen LogP contribution in [0.3, 0.4) is 0 Å². The number of nitrogens with zero attached hydrogens (tertiary/aromatic N) is 1. The van der Waals surface area contributed by atoms with Crippen LogP contribution in [0.1, 0.15) is 12.5 Å². The highest BCUT2D eigenvalue weighted by Crippen LogP contribution is 2.35. The van der Waals surface area contributed by atoms with Crippen LogP contribution >= 0.6 is 11.6 Å². The molecule has 0 unspecified atom stereocenters. The van der Waals surface area contributed by atoms with Crippen LogP contribution in [0.4, 0.5) is 0 Å². The number of halogens is 1. The average molecular weight is 413 g/mol. The highest BCUT2D eigenvalue weighted by Gasteiger charge is 2.11. The molecule has 0 bridgehead atoms. The Morgan fingerprint density at radius 2 is 1.90 bits per heavy atom. The van der Waals surface area contributed by atoms with Crippen LogP contribution in [-0.4, -0.2) is 32.4 Å². The van der Waals surface area contributed by atoms with Gasteiger partial charge in [-0.3, -0.25) is 4.79 Å². The van der Waals surface area contributed by atoms with Gasteiger partial charge in [-0.2, -0.15) is 5.10 Å². The van der Waals surface area contributed by atoms with Crippen molar-refractivity contribution in [3.63, 3.8) is 0 Å². The van der Waals surface area contributed by atoms with Gasteiger partial charge < -0.3 is 14.2 Å². The molecule has 0 fully saturated rings. The van der Waals surface area contributed by atoms with Crippen molar-refractivity contribution < 1.29 is 19.0 Å². The molecule has 0 atom stereocenters. The van der Waals surface area contributed by atoms with E-state index in [0.29, 0.717) is 34.4 Å². The molecule has 0 aliphatic rings. The third kappa shape index (κ3) is 5.39. The Kier molecular flexibility index (Phi) is 6.92. The summed E-state index contributed by atoms with van der Waals surface area (Å²) in [6.07, 6.45) is 1.47. The molecule has 0 spiro atoms. The fraction of sp³-hybridized carbons (Fsp3) is 0.182. The molecule has 1 amide bonds. The van der Waals surface area contributed by atoms with Crippen molar-refractivity contribution in [1.82, 2.24) is 5.43 Å². The van der Waals surface area contributed by atoms with Gasteiger partial charge >= 0.3 is 0 Å². The highest BCUT2D eigenvalue weighted by molar-refractivity contribution is 6.32. The summed E-state index contributed by atoms with van der Waals surface area (Å²) >= 11 is 6.22. The molecule has 29 heavy (non-hydrogen) atoms. The molecule has 3 rings (SSSR count). The summed E-state index contributed by atoms with van der Waals surface area (Å²) in [6, 6.07) is 17.0. The van der Waals surface area contributed by atoms with Crippen LogP contribution in [0.15, 0.2) is 59.7 Å². The highest BCUT2D eigenvalue weighted by atomic mass is 35.5. The number of rotatable bonds is 8. The fourth-order valence-corrected chi connectivity index (χ4v) is 2.99. The molecule has 0 heterocycles. The SMILES string of the molecule is CCOc1c(Cl)cc(/C=N/NC(=O)COc2ccc3ccccc3c2)cc1OC. The second-order valence-electron chi connectivity index (χ2n) is 6.06. The van der Waals surface area contributed by atoms with E-state index >= 15 is 0 Å². The number of hydrogen-bond acceptors (Lipinski definition) is 5. The van der Waals surface area contributed by atoms with Gasteiger partial charge in [0.15, 0.2) is 18.1 Å². The summed E-state index contributed by atoms with van der Waals surface area (Å²) in [5.41, 5.74) is 3.08. The number of fused-ring (bicyclic) bond motifs is 1. The summed E-state index contributed by atoms with van der Waals surface area (Å²) < 4.78 is 16.3. The quantitative estimate of drug-likeness (QED) is 0.439. The molecule has 3 aromatic carbocycles. The van der Waals surface area contributed by atoms with E-state index < -0.39 is 0 Å². The van der Waals surface area contributed by atoms with Crippen LogP contribution in [0.25, 0.3) is 10.8 Å². The number of carbonyl (C=O) groups is 1. The Morgan fingerprint density at radius 3 is 2.66 bits per heavy atom. The first kappa shape index (κ1) is 20.5. The summed E-state index contributed by atoms with van der Waals surface area (Å²) in [5, 5.41) is 6.49. The van der Waals surface area contributed by atoms with Crippen molar-refractivity contribution in [3.05, 3.63) is 65.2 Å². The third-order valence-electron chi connectivity index (χ3n) is 4.03. The molecule has 6 nitrogen and oxygen atoms in total. The largest absolute Gasteiger partial charge is 0.493 e. The second kappa shape index (κ2) is 9.80. The monoisotopic (exact) mass is 412 g/mol. The first-order valence-corrected chi connectivity index (χ1v) is 9.42. The van der Waals surface area contributed by atoms with Gasteiger partial charge in [-0.15, -0.1) is 0 Å². The van der Waals surface area contributed by atoms with E-state index in [-0.39, 0.29) is 12.5 Å². The molecular weight excluding hydrogens is 392 g/mol. The number of amides is 1. The number of benzene rings is 3. The summed E-state index contributed by atoms with van der Waals surface area (Å²) in [5.74, 6) is 1.21. The Balaban J connectivity index is 1.57. The van der Waals surface area contributed by atoms with E-state index in [1.54, 1.807) is 12.1 Å². The maximum absolute atomic E-state index is 12.0. The van der Waals surface area contributed by atoms with Crippen molar-refractivity contribution in [2.24, 2.45) is 5.10 Å². The number of hydrogen-bond donors (Lipinski definition) is 1. The van der Waals surface area contributed by atoms with Crippen LogP contribution in [-0.2, 0) is 4.79 Å². The second-order valence-corrected chi connectivity index (χ2v) is 6.47. The van der Waals surface area contributed by atoms with Gasteiger partial charge in [0, 0.05) is 0 Å². The van der Waals surface area contributed by atoms with E-state index in [0.717, 1.165) is 10.8 Å². The van der Waals surface area contributed by atoms with E-state index in [2.05, 4.69) is 10.5 Å². The van der Waals surface area contributed by atoms with Gasteiger partial charge in [-0.25, -0.2) is 5.43 Å². The summed E-state index contributed by atoms with van der Waals surface area (Å²) in [7, 11) is 1.53. The zero-order valence-corrected chi connectivity index (χ0v) is 16.9. The number of nitrogens with one attached hydrogen (secondary N) is 1. The minimum atomic E-state index is -0.376. The molecule has 0 radical (unpaired) electrons. The van der Waals surface area contributed by atoms with Gasteiger partial charge in [-0.1, -0.05) is 41.9 Å². The van der Waals surface area contributed by atoms with Crippen molar-refractivity contribution >= 4 is 34.5 Å². The predicted octanol–water partition coefficient (Wildman–Crippen LogP) is 4.43. The van der Waals surface area contributed by atoms with Crippen molar-refractivity contribution in [2.75, 3.05) is 20.3 Å². The topological polar surface area (TPSA) is 69.2 Å². The minimum Gasteiger partial charge on any atom is -0.493 e. The first-order chi connectivity index (χ1) is 14.1. The molecule has 0 saturated heterocycles. The Hall–Kier alpha value is -3.25. The molecular formula is C22H21ClN2O4. The van der Waals surface area contributed by atoms with E-state index in [1.807, 2.05) is 49.4 Å². The lowest BCUT2D eigenvalue weighted by Crippen LogP contribution is -2.24. The third-order valence-corrected chi connectivity index (χ3v) is 4.31. The molecule has 150 valence electrons. The number of ether oxygens (including phenoxy) is 3. The number of hydrazone groups is 1. The molecule has 0 saturated carbocycles. The van der Waals surface area contributed by atoms with Gasteiger partial charge in [0.25, 0.3) is 5.91 Å². The van der Waals surface area contributed by atoms with Crippen LogP contribution < -0.4 is 19.6 Å². The van der Waals surface area contributed by atoms with Gasteiger partial charge in [-0.05, 0) is 47.5 Å². The number of methoxy groups -OCH3 is 1. The normalized spacial score (nSPS) is 10.9. The molecule has 0 aliphatic carbocycles. The molecule has 0 aliphatic heterocycles. The Bertz CT molecular complexity index is 1040. The first-order valence-electron chi connectivity index (χ1n) is 9.04. The van der Waals surface area contributed by atoms with Gasteiger partial charge in [0.2, 0.25) is 0 Å². The zero-order chi connectivity index (χ0) is 20.6. The standard InChI is InChI=1S/C22H21ClN2O4/c1-3-28-22-19(23)10-15(11-20(22)27-2)13-24-25-21(26)14-29-18-9-8-16-6-4-5-7-17(16)12-18/h4-13H,3,14H2,1-2H3,(H,25,26)/b24-13+. The van der Waals surface area contributed by atoms with Crippen LogP contribution in [0, 0.1) is 0 Å². The van der Waals surface area contributed by atoms with Crippen LogP contribution in [0.2, 0.25) is 5.02 Å². The smallest absolute Gasteiger partial charge is 0.277 e. The predicted molar refractivity (Wildman–Crippen MR) is 114 cm³/mol. The summed E-state index contributed by atoms with van der Waals surface area (Å²) in [4.78, 5) is 12.0. The van der Waals surface area contributed by atoms with E-state index in [9.17, 15) is 4.79 Å². The maximum Gasteiger partial charge on any atom is 0.277 e. The Morgan fingerprint density at radius 1 is 1.10 bits per heavy atom. The molecule has 7 heteroatoms. The average Bonchev–Trinajstić information content (AvgIpc) is 2.73. The number of carbonyl (C=O) groups excluding carboxylic acids is 1. The van der Waals surface area contributed by atoms with Gasteiger partial charge in [0.1, 0.15) is 5.75 Å². The molecule has 3 aromatic rings. The van der Waals surface area contributed by atoms with E-state index in [4.69, 9.17) is 25.8 Å². The van der Waals surface area contributed by atoms with Crippen molar-refractivity contribution in [2.45, 2.75) is 6.92 Å². The van der Waals surface area contributed by atoms with Crippen LogP contribution in [0.5, 0.6) is 17.2 Å². The lowest BCUT2D eigenvalue weighted by atomic mass is 10.1. The lowest BCUT2D eigenvalue weighted by molar-refractivity contribution is -0.123. The fourth-order valence-electron chi connectivity index (χ4n) is 2.72. The zero-order valence-electron chi connectivity index (χ0n) is 16.1. The van der Waals surface area contributed by atoms with Gasteiger partial charge in [0.05, 0.1) is 25.0 Å². The molecule has 1 N–H and O–H groups in total. The lowest BCUT2D eigenvalue weighted by Gasteiger charge is -2.11. The maximum atomic E-state index is 12.0. The summed E-state index contributed by atoms with van der Waals surface area (Å²) in [6.45, 7) is 2.18. The van der Waals surface area contributed by atoms with Crippen molar-refractivity contribution in [3.8, 4) is 17.2 Å². The molecule has 0 aromatic heterocycles. The van der Waals surface area contributed by atoms with E-state index in [1.165, 1.54) is 13.3 Å².